The molecule has 108 valence electrons. The van der Waals surface area contributed by atoms with Gasteiger partial charge in [0.15, 0.2) is 0 Å². The molecule has 0 fully saturated rings. The highest BCUT2D eigenvalue weighted by atomic mass is 16.6. The van der Waals surface area contributed by atoms with Crippen molar-refractivity contribution in [2.45, 2.75) is 20.3 Å². The highest BCUT2D eigenvalue weighted by Crippen LogP contribution is 2.34. The molecule has 7 heteroatoms. The first-order valence-corrected chi connectivity index (χ1v) is 6.49. The van der Waals surface area contributed by atoms with Gasteiger partial charge in [0.05, 0.1) is 11.3 Å². The molecule has 0 aliphatic carbocycles. The van der Waals surface area contributed by atoms with Crippen LogP contribution < -0.4 is 10.7 Å². The van der Waals surface area contributed by atoms with Crippen LogP contribution in [0.4, 0.5) is 17.1 Å². The van der Waals surface area contributed by atoms with Crippen LogP contribution >= 0.6 is 0 Å². The zero-order valence-electron chi connectivity index (χ0n) is 11.6. The zero-order chi connectivity index (χ0) is 15.1. The summed E-state index contributed by atoms with van der Waals surface area (Å²) in [6.45, 7) is 3.81. The molecule has 0 spiro atoms. The number of aryl methyl sites for hydroxylation is 2. The number of nitro groups is 1. The molecule has 1 aliphatic heterocycles. The van der Waals surface area contributed by atoms with Crippen LogP contribution in [0.5, 0.6) is 0 Å². The van der Waals surface area contributed by atoms with Crippen LogP contribution in [0.3, 0.4) is 0 Å². The van der Waals surface area contributed by atoms with Crippen LogP contribution in [-0.2, 0) is 11.2 Å². The first-order chi connectivity index (χ1) is 9.95. The van der Waals surface area contributed by atoms with Gasteiger partial charge in [-0.15, -0.1) is 0 Å². The molecule has 0 atom stereocenters. The van der Waals surface area contributed by atoms with Gasteiger partial charge in [-0.2, -0.15) is 0 Å². The molecule has 0 saturated carbocycles. The lowest BCUT2D eigenvalue weighted by Crippen LogP contribution is -2.13. The molecule has 2 heterocycles. The van der Waals surface area contributed by atoms with Crippen LogP contribution in [-0.4, -0.2) is 15.5 Å². The fourth-order valence-electron chi connectivity index (χ4n) is 2.47. The van der Waals surface area contributed by atoms with Crippen LogP contribution in [0.25, 0.3) is 0 Å². The summed E-state index contributed by atoms with van der Waals surface area (Å²) in [4.78, 5) is 22.2. The number of anilines is 2. The Bertz CT molecular complexity index is 744. The molecule has 1 aliphatic rings. The fraction of sp³-hybridized carbons (Fsp3) is 0.214. The molecule has 1 aromatic carbocycles. The van der Waals surface area contributed by atoms with Crippen molar-refractivity contribution in [3.63, 3.8) is 0 Å². The smallest absolute Gasteiger partial charge is 0.294 e. The van der Waals surface area contributed by atoms with Crippen molar-refractivity contribution in [1.82, 2.24) is 4.68 Å². The number of hydrogen-bond acceptors (Lipinski definition) is 4. The number of nitro benzene ring substituents is 1. The Morgan fingerprint density at radius 3 is 2.57 bits per heavy atom. The minimum absolute atomic E-state index is 0.0437. The summed E-state index contributed by atoms with van der Waals surface area (Å²) in [5.74, 6) is -0.148. The highest BCUT2D eigenvalue weighted by molar-refractivity contribution is 6.00. The average molecular weight is 286 g/mol. The molecule has 21 heavy (non-hydrogen) atoms. The van der Waals surface area contributed by atoms with Crippen LogP contribution in [0, 0.1) is 24.0 Å². The first-order valence-electron chi connectivity index (χ1n) is 6.49. The third-order valence-corrected chi connectivity index (χ3v) is 3.55. The number of aromatic nitrogens is 1. The van der Waals surface area contributed by atoms with Gasteiger partial charge in [-0.05, 0) is 37.6 Å². The molecule has 0 unspecified atom stereocenters. The number of carbonyl (C=O) groups is 1. The maximum Gasteiger partial charge on any atom is 0.294 e. The summed E-state index contributed by atoms with van der Waals surface area (Å²) in [5, 5.41) is 14.0. The van der Waals surface area contributed by atoms with Gasteiger partial charge in [-0.25, -0.2) is 0 Å². The molecular weight excluding hydrogens is 272 g/mol. The van der Waals surface area contributed by atoms with Crippen molar-refractivity contribution in [3.8, 4) is 0 Å². The maximum absolute atomic E-state index is 11.4. The number of nitrogens with one attached hydrogen (secondary N) is 2. The number of rotatable bonds is 3. The predicted molar refractivity (Wildman–Crippen MR) is 78.4 cm³/mol. The Labute approximate surface area is 120 Å². The van der Waals surface area contributed by atoms with Crippen molar-refractivity contribution in [3.05, 3.63) is 51.3 Å². The van der Waals surface area contributed by atoms with Gasteiger partial charge in [-0.1, -0.05) is 0 Å². The Morgan fingerprint density at radius 2 is 1.95 bits per heavy atom. The van der Waals surface area contributed by atoms with Crippen molar-refractivity contribution < 1.29 is 9.72 Å². The standard InChI is InChI=1S/C14H14N4O3/c1-8-3-4-9(2)17(8)16-12-7-11-10(6-14(19)15-11)5-13(12)18(20)21/h3-5,7,16H,6H2,1-2H3,(H,15,19). The predicted octanol–water partition coefficient (Wildman–Crippen LogP) is 2.38. The lowest BCUT2D eigenvalue weighted by molar-refractivity contribution is -0.384. The van der Waals surface area contributed by atoms with E-state index in [4.69, 9.17) is 0 Å². The lowest BCUT2D eigenvalue weighted by Gasteiger charge is -2.14. The largest absolute Gasteiger partial charge is 0.325 e. The second kappa shape index (κ2) is 4.62. The van der Waals surface area contributed by atoms with E-state index in [1.807, 2.05) is 26.0 Å². The first kappa shape index (κ1) is 13.2. The number of fused-ring (bicyclic) bond motifs is 1. The Morgan fingerprint density at radius 1 is 1.29 bits per heavy atom. The van der Waals surface area contributed by atoms with Crippen molar-refractivity contribution in [2.24, 2.45) is 0 Å². The summed E-state index contributed by atoms with van der Waals surface area (Å²) in [5.41, 5.74) is 6.49. The third-order valence-electron chi connectivity index (χ3n) is 3.55. The molecule has 0 bridgehead atoms. The van der Waals surface area contributed by atoms with Crippen molar-refractivity contribution in [2.75, 3.05) is 10.7 Å². The Balaban J connectivity index is 2.07. The summed E-state index contributed by atoms with van der Waals surface area (Å²) in [6, 6.07) is 6.90. The molecule has 2 aromatic rings. The minimum Gasteiger partial charge on any atom is -0.325 e. The molecule has 0 saturated heterocycles. The molecule has 1 aromatic heterocycles. The number of amides is 1. The molecule has 3 rings (SSSR count). The van der Waals surface area contributed by atoms with E-state index in [0.29, 0.717) is 16.9 Å². The fourth-order valence-corrected chi connectivity index (χ4v) is 2.47. The van der Waals surface area contributed by atoms with Gasteiger partial charge in [0.2, 0.25) is 5.91 Å². The highest BCUT2D eigenvalue weighted by Gasteiger charge is 2.25. The van der Waals surface area contributed by atoms with Crippen LogP contribution in [0.1, 0.15) is 17.0 Å². The number of carbonyl (C=O) groups excluding carboxylic acids is 1. The second-order valence-corrected chi connectivity index (χ2v) is 5.07. The van der Waals surface area contributed by atoms with E-state index in [0.717, 1.165) is 11.4 Å². The molecular formula is C14H14N4O3. The molecule has 2 N–H and O–H groups in total. The topological polar surface area (TPSA) is 89.2 Å². The van der Waals surface area contributed by atoms with E-state index >= 15 is 0 Å². The van der Waals surface area contributed by atoms with Crippen LogP contribution in [0.2, 0.25) is 0 Å². The van der Waals surface area contributed by atoms with E-state index in [-0.39, 0.29) is 18.0 Å². The zero-order valence-corrected chi connectivity index (χ0v) is 11.6. The quantitative estimate of drug-likeness (QED) is 0.669. The average Bonchev–Trinajstić information content (AvgIpc) is 2.93. The molecule has 1 amide bonds. The summed E-state index contributed by atoms with van der Waals surface area (Å²) in [6.07, 6.45) is 0.179. The molecule has 7 nitrogen and oxygen atoms in total. The normalized spacial score (nSPS) is 13.0. The number of nitrogens with zero attached hydrogens (tertiary/aromatic N) is 2. The van der Waals surface area contributed by atoms with E-state index in [1.54, 1.807) is 10.7 Å². The monoisotopic (exact) mass is 286 g/mol. The van der Waals surface area contributed by atoms with E-state index in [9.17, 15) is 14.9 Å². The van der Waals surface area contributed by atoms with Gasteiger partial charge < -0.3 is 5.32 Å². The van der Waals surface area contributed by atoms with Gasteiger partial charge in [0.1, 0.15) is 5.69 Å². The number of hydrogen-bond donors (Lipinski definition) is 2. The Kier molecular flexibility index (Phi) is 2.90. The Hall–Kier alpha value is -2.83. The third kappa shape index (κ3) is 2.22. The van der Waals surface area contributed by atoms with Gasteiger partial charge in [-0.3, -0.25) is 25.0 Å². The van der Waals surface area contributed by atoms with E-state index in [2.05, 4.69) is 10.7 Å². The molecule has 0 radical (unpaired) electrons. The van der Waals surface area contributed by atoms with E-state index in [1.165, 1.54) is 6.07 Å². The van der Waals surface area contributed by atoms with Gasteiger partial charge in [0, 0.05) is 23.1 Å². The second-order valence-electron chi connectivity index (χ2n) is 5.07. The minimum atomic E-state index is -0.445. The lowest BCUT2D eigenvalue weighted by atomic mass is 10.1. The van der Waals surface area contributed by atoms with Crippen molar-refractivity contribution >= 4 is 23.0 Å². The number of benzene rings is 1. The maximum atomic E-state index is 11.4. The van der Waals surface area contributed by atoms with Crippen molar-refractivity contribution in [1.29, 1.82) is 0 Å². The van der Waals surface area contributed by atoms with Gasteiger partial charge in [0.25, 0.3) is 5.69 Å². The SMILES string of the molecule is Cc1ccc(C)n1Nc1cc2c(cc1[N+](=O)[O-])CC(=O)N2. The van der Waals surface area contributed by atoms with E-state index < -0.39 is 4.92 Å². The summed E-state index contributed by atoms with van der Waals surface area (Å²) >= 11 is 0. The summed E-state index contributed by atoms with van der Waals surface area (Å²) in [7, 11) is 0. The van der Waals surface area contributed by atoms with Gasteiger partial charge >= 0.3 is 0 Å². The van der Waals surface area contributed by atoms with Crippen LogP contribution in [0.15, 0.2) is 24.3 Å². The summed E-state index contributed by atoms with van der Waals surface area (Å²) < 4.78 is 1.77.